The van der Waals surface area contributed by atoms with Crippen LogP contribution in [0.15, 0.2) is 30.3 Å². The van der Waals surface area contributed by atoms with Crippen LogP contribution in [0.3, 0.4) is 0 Å². The monoisotopic (exact) mass is 329 g/mol. The Morgan fingerprint density at radius 2 is 2.04 bits per heavy atom. The van der Waals surface area contributed by atoms with Crippen molar-refractivity contribution in [2.45, 2.75) is 37.2 Å². The van der Waals surface area contributed by atoms with Gasteiger partial charge in [0.2, 0.25) is 5.91 Å². The zero-order valence-corrected chi connectivity index (χ0v) is 14.8. The van der Waals surface area contributed by atoms with Crippen LogP contribution < -0.4 is 0 Å². The number of para-hydroxylation sites is 1. The molecule has 1 aliphatic carbocycles. The molecule has 0 unspecified atom stereocenters. The van der Waals surface area contributed by atoms with Crippen LogP contribution in [0.1, 0.15) is 30.3 Å². The zero-order valence-electron chi connectivity index (χ0n) is 14.0. The molecular weight excluding hydrogens is 306 g/mol. The van der Waals surface area contributed by atoms with Gasteiger partial charge in [0, 0.05) is 25.5 Å². The normalized spacial score (nSPS) is 14.6. The predicted octanol–water partition coefficient (Wildman–Crippen LogP) is 3.07. The van der Waals surface area contributed by atoms with E-state index in [9.17, 15) is 4.79 Å². The van der Waals surface area contributed by atoms with Crippen molar-refractivity contribution in [3.05, 3.63) is 47.3 Å². The van der Waals surface area contributed by atoms with Gasteiger partial charge >= 0.3 is 0 Å². The number of carbonyl (C=O) groups excluding carboxylic acids is 1. The van der Waals surface area contributed by atoms with Crippen LogP contribution in [0, 0.1) is 0 Å². The summed E-state index contributed by atoms with van der Waals surface area (Å²) in [4.78, 5) is 13.7. The van der Waals surface area contributed by atoms with E-state index in [1.807, 2.05) is 25.1 Å². The molecule has 1 heterocycles. The smallest absolute Gasteiger partial charge is 0.234 e. The molecule has 23 heavy (non-hydrogen) atoms. The topological polar surface area (TPSA) is 38.1 Å². The van der Waals surface area contributed by atoms with E-state index in [1.165, 1.54) is 17.7 Å². The Bertz CT molecular complexity index is 694. The minimum Gasteiger partial charge on any atom is -0.348 e. The van der Waals surface area contributed by atoms with Crippen LogP contribution >= 0.6 is 11.8 Å². The largest absolute Gasteiger partial charge is 0.348 e. The lowest BCUT2D eigenvalue weighted by atomic mass is 10.2. The number of thioether (sulfide) groups is 1. The van der Waals surface area contributed by atoms with Crippen LogP contribution in [-0.4, -0.2) is 39.9 Å². The second-order valence-corrected chi connectivity index (χ2v) is 7.49. The number of rotatable bonds is 5. The molecule has 0 saturated carbocycles. The molecule has 1 aromatic heterocycles. The second-order valence-electron chi connectivity index (χ2n) is 6.16. The van der Waals surface area contributed by atoms with Gasteiger partial charge in [-0.05, 0) is 43.9 Å². The first-order valence-electron chi connectivity index (χ1n) is 8.05. The average molecular weight is 329 g/mol. The predicted molar refractivity (Wildman–Crippen MR) is 95.0 cm³/mol. The number of carbonyl (C=O) groups is 1. The van der Waals surface area contributed by atoms with E-state index in [0.717, 1.165) is 30.0 Å². The Morgan fingerprint density at radius 3 is 2.74 bits per heavy atom. The summed E-state index contributed by atoms with van der Waals surface area (Å²) >= 11 is 1.67. The van der Waals surface area contributed by atoms with Crippen molar-refractivity contribution < 1.29 is 4.79 Å². The van der Waals surface area contributed by atoms with Crippen LogP contribution in [0.25, 0.3) is 5.69 Å². The summed E-state index contributed by atoms with van der Waals surface area (Å²) in [6.07, 6.45) is 3.39. The molecule has 4 nitrogen and oxygen atoms in total. The standard InChI is InChI=1S/C18H23N3OS/c1-13(18(22)20(2)3)23-12-16-15-10-7-11-17(15)21(19-16)14-8-5-4-6-9-14/h4-6,8-9,13H,7,10-12H2,1-3H3/t13-/m1/s1. The lowest BCUT2D eigenvalue weighted by Gasteiger charge is -2.16. The Balaban J connectivity index is 1.80. The first-order valence-corrected chi connectivity index (χ1v) is 9.10. The van der Waals surface area contributed by atoms with E-state index < -0.39 is 0 Å². The molecule has 122 valence electrons. The van der Waals surface area contributed by atoms with Gasteiger partial charge in [0.25, 0.3) is 0 Å². The molecule has 1 amide bonds. The van der Waals surface area contributed by atoms with Crippen LogP contribution in [0.2, 0.25) is 0 Å². The van der Waals surface area contributed by atoms with Crippen LogP contribution in [0.5, 0.6) is 0 Å². The maximum absolute atomic E-state index is 12.0. The van der Waals surface area contributed by atoms with E-state index in [1.54, 1.807) is 30.8 Å². The first-order chi connectivity index (χ1) is 11.1. The van der Waals surface area contributed by atoms with Crippen molar-refractivity contribution in [3.63, 3.8) is 0 Å². The third-order valence-corrected chi connectivity index (χ3v) is 5.41. The van der Waals surface area contributed by atoms with Crippen molar-refractivity contribution in [2.24, 2.45) is 0 Å². The Kier molecular flexibility index (Phi) is 4.76. The van der Waals surface area contributed by atoms with E-state index in [0.29, 0.717) is 0 Å². The van der Waals surface area contributed by atoms with Gasteiger partial charge in [0.05, 0.1) is 16.6 Å². The molecule has 1 aromatic carbocycles. The highest BCUT2D eigenvalue weighted by molar-refractivity contribution is 7.99. The molecule has 0 aliphatic heterocycles. The number of hydrogen-bond acceptors (Lipinski definition) is 3. The SMILES string of the molecule is C[C@@H](SCc1nn(-c2ccccc2)c2c1CCC2)C(=O)N(C)C. The highest BCUT2D eigenvalue weighted by Crippen LogP contribution is 2.30. The minimum atomic E-state index is -0.0380. The highest BCUT2D eigenvalue weighted by atomic mass is 32.2. The summed E-state index contributed by atoms with van der Waals surface area (Å²) in [5.74, 6) is 0.956. The molecule has 0 N–H and O–H groups in total. The fraction of sp³-hybridized carbons (Fsp3) is 0.444. The highest BCUT2D eigenvalue weighted by Gasteiger charge is 2.24. The lowest BCUT2D eigenvalue weighted by molar-refractivity contribution is -0.127. The van der Waals surface area contributed by atoms with Crippen molar-refractivity contribution in [3.8, 4) is 5.69 Å². The zero-order chi connectivity index (χ0) is 16.4. The lowest BCUT2D eigenvalue weighted by Crippen LogP contribution is -2.29. The van der Waals surface area contributed by atoms with Crippen molar-refractivity contribution in [2.75, 3.05) is 14.1 Å². The van der Waals surface area contributed by atoms with Crippen LogP contribution in [-0.2, 0) is 23.4 Å². The molecule has 1 aliphatic rings. The fourth-order valence-electron chi connectivity index (χ4n) is 3.05. The second kappa shape index (κ2) is 6.79. The molecule has 0 radical (unpaired) electrons. The van der Waals surface area contributed by atoms with E-state index in [2.05, 4.69) is 16.8 Å². The number of amides is 1. The number of hydrogen-bond donors (Lipinski definition) is 0. The molecule has 5 heteroatoms. The van der Waals surface area contributed by atoms with Crippen molar-refractivity contribution >= 4 is 17.7 Å². The van der Waals surface area contributed by atoms with Crippen molar-refractivity contribution in [1.29, 1.82) is 0 Å². The molecule has 2 aromatic rings. The minimum absolute atomic E-state index is 0.0380. The van der Waals surface area contributed by atoms with Crippen molar-refractivity contribution in [1.82, 2.24) is 14.7 Å². The third-order valence-electron chi connectivity index (χ3n) is 4.27. The summed E-state index contributed by atoms with van der Waals surface area (Å²) in [6, 6.07) is 10.3. The summed E-state index contributed by atoms with van der Waals surface area (Å²) in [7, 11) is 3.61. The first kappa shape index (κ1) is 16.1. The summed E-state index contributed by atoms with van der Waals surface area (Å²) in [5, 5.41) is 4.81. The Hall–Kier alpha value is -1.75. The summed E-state index contributed by atoms with van der Waals surface area (Å²) in [6.45, 7) is 1.97. The summed E-state index contributed by atoms with van der Waals surface area (Å²) in [5.41, 5.74) is 5.01. The molecule has 0 saturated heterocycles. The molecule has 0 bridgehead atoms. The van der Waals surface area contributed by atoms with E-state index in [-0.39, 0.29) is 11.2 Å². The fourth-order valence-corrected chi connectivity index (χ4v) is 4.04. The maximum atomic E-state index is 12.0. The number of fused-ring (bicyclic) bond motifs is 1. The van der Waals surface area contributed by atoms with E-state index in [4.69, 9.17) is 5.10 Å². The van der Waals surface area contributed by atoms with Crippen LogP contribution in [0.4, 0.5) is 0 Å². The molecule has 3 rings (SSSR count). The van der Waals surface area contributed by atoms with Gasteiger partial charge in [-0.1, -0.05) is 18.2 Å². The van der Waals surface area contributed by atoms with Gasteiger partial charge in [-0.3, -0.25) is 4.79 Å². The van der Waals surface area contributed by atoms with Gasteiger partial charge < -0.3 is 4.90 Å². The van der Waals surface area contributed by atoms with Gasteiger partial charge in [-0.25, -0.2) is 4.68 Å². The Morgan fingerprint density at radius 1 is 1.30 bits per heavy atom. The number of aromatic nitrogens is 2. The average Bonchev–Trinajstić information content (AvgIpc) is 3.15. The number of benzene rings is 1. The molecule has 0 spiro atoms. The van der Waals surface area contributed by atoms with Gasteiger partial charge in [-0.15, -0.1) is 11.8 Å². The molecule has 0 fully saturated rings. The summed E-state index contributed by atoms with van der Waals surface area (Å²) < 4.78 is 2.09. The maximum Gasteiger partial charge on any atom is 0.234 e. The van der Waals surface area contributed by atoms with Gasteiger partial charge in [0.15, 0.2) is 0 Å². The van der Waals surface area contributed by atoms with Gasteiger partial charge in [-0.2, -0.15) is 5.10 Å². The Labute approximate surface area is 141 Å². The third kappa shape index (κ3) is 3.29. The molecule has 1 atom stereocenters. The van der Waals surface area contributed by atoms with E-state index >= 15 is 0 Å². The molecular formula is C18H23N3OS. The number of nitrogens with zero attached hydrogens (tertiary/aromatic N) is 3. The quantitative estimate of drug-likeness (QED) is 0.846. The van der Waals surface area contributed by atoms with Gasteiger partial charge in [0.1, 0.15) is 0 Å².